The number of hydrogen-bond donors (Lipinski definition) is 1. The number of rotatable bonds is 2. The maximum atomic E-state index is 12.9. The zero-order valence-electron chi connectivity index (χ0n) is 12.4. The summed E-state index contributed by atoms with van der Waals surface area (Å²) in [4.78, 5) is 26.9. The Morgan fingerprint density at radius 1 is 1.25 bits per heavy atom. The average molecular weight is 280 g/mol. The van der Waals surface area contributed by atoms with Gasteiger partial charge in [-0.2, -0.15) is 0 Å². The molecule has 5 heteroatoms. The van der Waals surface area contributed by atoms with Crippen molar-refractivity contribution in [1.29, 1.82) is 0 Å². The van der Waals surface area contributed by atoms with E-state index in [4.69, 9.17) is 4.74 Å². The molecule has 1 N–H and O–H groups in total. The van der Waals surface area contributed by atoms with Gasteiger partial charge in [0.15, 0.2) is 0 Å². The Morgan fingerprint density at radius 3 is 2.55 bits per heavy atom. The number of nitrogens with one attached hydrogen (secondary N) is 1. The predicted molar refractivity (Wildman–Crippen MR) is 74.1 cm³/mol. The molecular weight excluding hydrogens is 256 g/mol. The molecule has 0 aromatic heterocycles. The van der Waals surface area contributed by atoms with Crippen LogP contribution in [0.15, 0.2) is 0 Å². The van der Waals surface area contributed by atoms with E-state index in [9.17, 15) is 9.59 Å². The number of hydrogen-bond acceptors (Lipinski definition) is 3. The van der Waals surface area contributed by atoms with Crippen LogP contribution in [0, 0.1) is 0 Å². The Labute approximate surface area is 120 Å². The third kappa shape index (κ3) is 2.12. The predicted octanol–water partition coefficient (Wildman–Crippen LogP) is 1.22. The minimum Gasteiger partial charge on any atom is -0.373 e. The largest absolute Gasteiger partial charge is 0.373 e. The fraction of sp³-hybridized carbons (Fsp3) is 0.867. The molecule has 2 unspecified atom stereocenters. The first-order valence-corrected chi connectivity index (χ1v) is 7.73. The number of piperazine rings is 1. The molecule has 2 heterocycles. The fourth-order valence-corrected chi connectivity index (χ4v) is 3.83. The Bertz CT molecular complexity index is 423. The van der Waals surface area contributed by atoms with Gasteiger partial charge in [-0.05, 0) is 39.5 Å². The minimum absolute atomic E-state index is 0.0203. The van der Waals surface area contributed by atoms with E-state index in [1.165, 1.54) is 0 Å². The van der Waals surface area contributed by atoms with Gasteiger partial charge < -0.3 is 15.0 Å². The molecule has 0 aromatic rings. The molecule has 2 aliphatic heterocycles. The van der Waals surface area contributed by atoms with Crippen molar-refractivity contribution in [2.75, 3.05) is 13.2 Å². The molecule has 1 aliphatic carbocycles. The van der Waals surface area contributed by atoms with E-state index in [1.54, 1.807) is 4.90 Å². The third-order valence-electron chi connectivity index (χ3n) is 5.14. The second kappa shape index (κ2) is 4.72. The van der Waals surface area contributed by atoms with E-state index in [-0.39, 0.29) is 17.4 Å². The van der Waals surface area contributed by atoms with Crippen molar-refractivity contribution in [3.05, 3.63) is 0 Å². The lowest BCUT2D eigenvalue weighted by Crippen LogP contribution is -2.70. The summed E-state index contributed by atoms with van der Waals surface area (Å²) in [5.74, 6) is 0.0759. The third-order valence-corrected chi connectivity index (χ3v) is 5.14. The van der Waals surface area contributed by atoms with Crippen molar-refractivity contribution in [2.45, 2.75) is 69.6 Å². The topological polar surface area (TPSA) is 58.6 Å². The molecule has 0 aromatic carbocycles. The van der Waals surface area contributed by atoms with Gasteiger partial charge in [0.2, 0.25) is 11.8 Å². The minimum atomic E-state index is -0.626. The lowest BCUT2D eigenvalue weighted by molar-refractivity contribution is -0.158. The maximum absolute atomic E-state index is 12.9. The number of carbonyl (C=O) groups is 2. The summed E-state index contributed by atoms with van der Waals surface area (Å²) in [6.07, 6.45) is 5.57. The van der Waals surface area contributed by atoms with E-state index in [0.717, 1.165) is 45.1 Å². The molecule has 1 saturated carbocycles. The van der Waals surface area contributed by atoms with E-state index < -0.39 is 11.6 Å². The van der Waals surface area contributed by atoms with Crippen molar-refractivity contribution in [1.82, 2.24) is 10.2 Å². The smallest absolute Gasteiger partial charge is 0.249 e. The second-order valence-electron chi connectivity index (χ2n) is 6.79. The monoisotopic (exact) mass is 280 g/mol. The quantitative estimate of drug-likeness (QED) is 0.827. The summed E-state index contributed by atoms with van der Waals surface area (Å²) in [6, 6.07) is -0.394. The summed E-state index contributed by atoms with van der Waals surface area (Å²) in [5.41, 5.74) is -0.917. The van der Waals surface area contributed by atoms with Crippen LogP contribution in [0.3, 0.4) is 0 Å². The first-order chi connectivity index (χ1) is 9.46. The Morgan fingerprint density at radius 2 is 1.95 bits per heavy atom. The summed E-state index contributed by atoms with van der Waals surface area (Å²) >= 11 is 0. The summed E-state index contributed by atoms with van der Waals surface area (Å²) in [6.45, 7) is 5.15. The van der Waals surface area contributed by atoms with Gasteiger partial charge in [0.25, 0.3) is 0 Å². The molecule has 1 spiro atoms. The zero-order chi connectivity index (χ0) is 14.4. The van der Waals surface area contributed by atoms with Gasteiger partial charge in [-0.1, -0.05) is 12.8 Å². The molecular formula is C15H24N2O3. The highest BCUT2D eigenvalue weighted by atomic mass is 16.5. The highest BCUT2D eigenvalue weighted by molar-refractivity contribution is 5.99. The molecule has 3 aliphatic rings. The number of carbonyl (C=O) groups excluding carboxylic acids is 2. The first-order valence-electron chi connectivity index (χ1n) is 7.73. The summed E-state index contributed by atoms with van der Waals surface area (Å²) in [7, 11) is 0. The number of amides is 2. The molecule has 112 valence electrons. The van der Waals surface area contributed by atoms with Crippen molar-refractivity contribution >= 4 is 11.8 Å². The fourth-order valence-electron chi connectivity index (χ4n) is 3.83. The highest BCUT2D eigenvalue weighted by Gasteiger charge is 2.52. The van der Waals surface area contributed by atoms with Crippen LogP contribution in [-0.2, 0) is 14.3 Å². The van der Waals surface area contributed by atoms with Crippen LogP contribution >= 0.6 is 0 Å². The summed E-state index contributed by atoms with van der Waals surface area (Å²) < 4.78 is 5.80. The lowest BCUT2D eigenvalue weighted by Gasteiger charge is -2.45. The molecule has 2 amide bonds. The Hall–Kier alpha value is -1.10. The van der Waals surface area contributed by atoms with Crippen LogP contribution in [0.25, 0.3) is 0 Å². The van der Waals surface area contributed by atoms with Crippen molar-refractivity contribution in [3.63, 3.8) is 0 Å². The van der Waals surface area contributed by atoms with E-state index in [1.807, 2.05) is 13.8 Å². The second-order valence-corrected chi connectivity index (χ2v) is 6.79. The molecule has 5 nitrogen and oxygen atoms in total. The van der Waals surface area contributed by atoms with Crippen molar-refractivity contribution in [3.8, 4) is 0 Å². The molecule has 3 rings (SSSR count). The van der Waals surface area contributed by atoms with Crippen LogP contribution in [0.1, 0.15) is 52.4 Å². The maximum Gasteiger partial charge on any atom is 0.249 e. The van der Waals surface area contributed by atoms with Gasteiger partial charge in [-0.25, -0.2) is 0 Å². The van der Waals surface area contributed by atoms with Crippen molar-refractivity contribution in [2.24, 2.45) is 0 Å². The lowest BCUT2D eigenvalue weighted by atomic mass is 9.89. The average Bonchev–Trinajstić information content (AvgIpc) is 3.03. The van der Waals surface area contributed by atoms with Gasteiger partial charge >= 0.3 is 0 Å². The van der Waals surface area contributed by atoms with Crippen molar-refractivity contribution < 1.29 is 14.3 Å². The zero-order valence-corrected chi connectivity index (χ0v) is 12.4. The van der Waals surface area contributed by atoms with Gasteiger partial charge in [0, 0.05) is 6.61 Å². The van der Waals surface area contributed by atoms with Crippen LogP contribution in [0.5, 0.6) is 0 Å². The van der Waals surface area contributed by atoms with Crippen LogP contribution < -0.4 is 5.32 Å². The number of nitrogens with zero attached hydrogens (tertiary/aromatic N) is 1. The summed E-state index contributed by atoms with van der Waals surface area (Å²) in [5, 5.41) is 2.99. The standard InChI is InChI=1S/C15H24N2O3/c1-11-12(18)16-15(7-3-4-8-15)13(19)17(11)10-14(2)6-5-9-20-14/h11H,3-10H2,1-2H3,(H,16,18). The number of ether oxygens (including phenoxy) is 1. The SMILES string of the molecule is CC1C(=O)NC2(CCCC2)C(=O)N1CC1(C)CCCO1. The van der Waals surface area contributed by atoms with Gasteiger partial charge in [0.05, 0.1) is 12.1 Å². The molecule has 2 atom stereocenters. The first kappa shape index (κ1) is 13.9. The van der Waals surface area contributed by atoms with E-state index in [0.29, 0.717) is 6.54 Å². The van der Waals surface area contributed by atoms with E-state index >= 15 is 0 Å². The normalized spacial score (nSPS) is 36.7. The van der Waals surface area contributed by atoms with Crippen LogP contribution in [0.4, 0.5) is 0 Å². The van der Waals surface area contributed by atoms with E-state index in [2.05, 4.69) is 5.32 Å². The molecule has 2 saturated heterocycles. The molecule has 3 fully saturated rings. The Kier molecular flexibility index (Phi) is 3.27. The highest BCUT2D eigenvalue weighted by Crippen LogP contribution is 2.36. The van der Waals surface area contributed by atoms with Gasteiger partial charge in [-0.15, -0.1) is 0 Å². The van der Waals surface area contributed by atoms with Crippen LogP contribution in [0.2, 0.25) is 0 Å². The van der Waals surface area contributed by atoms with Crippen LogP contribution in [-0.4, -0.2) is 47.0 Å². The molecule has 20 heavy (non-hydrogen) atoms. The van der Waals surface area contributed by atoms with Gasteiger partial charge in [0.1, 0.15) is 11.6 Å². The van der Waals surface area contributed by atoms with Gasteiger partial charge in [-0.3, -0.25) is 9.59 Å². The Balaban J connectivity index is 1.83. The molecule has 0 bridgehead atoms. The molecule has 0 radical (unpaired) electrons.